The molecule has 1 aromatic heterocycles. The van der Waals surface area contributed by atoms with E-state index >= 15 is 0 Å². The third-order valence-electron chi connectivity index (χ3n) is 4.02. The van der Waals surface area contributed by atoms with Crippen molar-refractivity contribution in [3.63, 3.8) is 0 Å². The van der Waals surface area contributed by atoms with Crippen LogP contribution >= 0.6 is 0 Å². The van der Waals surface area contributed by atoms with Gasteiger partial charge in [0.05, 0.1) is 16.8 Å². The summed E-state index contributed by atoms with van der Waals surface area (Å²) < 4.78 is 0. The lowest BCUT2D eigenvalue weighted by Gasteiger charge is -2.03. The van der Waals surface area contributed by atoms with Crippen molar-refractivity contribution in [1.29, 1.82) is 0 Å². The van der Waals surface area contributed by atoms with Gasteiger partial charge in [-0.05, 0) is 17.5 Å². The minimum atomic E-state index is -0.842. The van der Waals surface area contributed by atoms with E-state index in [1.54, 1.807) is 18.2 Å². The van der Waals surface area contributed by atoms with Crippen LogP contribution in [-0.4, -0.2) is 21.0 Å². The van der Waals surface area contributed by atoms with Gasteiger partial charge in [-0.1, -0.05) is 26.0 Å². The maximum absolute atomic E-state index is 12.0. The molecule has 0 aliphatic heterocycles. The highest BCUT2D eigenvalue weighted by Crippen LogP contribution is 2.63. The molecule has 2 N–H and O–H groups in total. The monoisotopic (exact) mass is 258 g/mol. The normalized spacial score (nSPS) is 24.3. The van der Waals surface area contributed by atoms with Crippen molar-refractivity contribution in [1.82, 2.24) is 9.97 Å². The summed E-state index contributed by atoms with van der Waals surface area (Å²) in [5.74, 6) is -1.09. The van der Waals surface area contributed by atoms with Gasteiger partial charge in [-0.2, -0.15) is 0 Å². The minimum absolute atomic E-state index is 0.215. The zero-order valence-corrected chi connectivity index (χ0v) is 10.7. The molecule has 1 heterocycles. The molecule has 1 aromatic carbocycles. The first kappa shape index (κ1) is 11.9. The summed E-state index contributed by atoms with van der Waals surface area (Å²) in [7, 11) is 0. The molecule has 0 radical (unpaired) electrons. The summed E-state index contributed by atoms with van der Waals surface area (Å²) in [6.07, 6.45) is 0. The van der Waals surface area contributed by atoms with E-state index in [0.29, 0.717) is 16.7 Å². The van der Waals surface area contributed by atoms with Crippen LogP contribution in [0.25, 0.3) is 10.9 Å². The number of aromatic amines is 1. The fourth-order valence-electron chi connectivity index (χ4n) is 2.86. The van der Waals surface area contributed by atoms with Gasteiger partial charge in [-0.15, -0.1) is 0 Å². The van der Waals surface area contributed by atoms with E-state index in [1.807, 2.05) is 19.9 Å². The Hall–Kier alpha value is -2.17. The Morgan fingerprint density at radius 2 is 2.05 bits per heavy atom. The molecule has 5 heteroatoms. The number of carboxylic acid groups (broad SMARTS) is 1. The van der Waals surface area contributed by atoms with Crippen LogP contribution in [0, 0.1) is 11.3 Å². The number of aromatic nitrogens is 2. The average Bonchev–Trinajstić information content (AvgIpc) is 2.92. The fourth-order valence-corrected chi connectivity index (χ4v) is 2.86. The molecule has 2 atom stereocenters. The van der Waals surface area contributed by atoms with E-state index in [0.717, 1.165) is 0 Å². The number of nitrogens with zero attached hydrogens (tertiary/aromatic N) is 1. The van der Waals surface area contributed by atoms with Crippen molar-refractivity contribution in [3.8, 4) is 0 Å². The lowest BCUT2D eigenvalue weighted by molar-refractivity contribution is -0.139. The Bertz CT molecular complexity index is 733. The number of fused-ring (bicyclic) bond motifs is 1. The SMILES string of the molecule is CC1(C)[C@@H](C(=O)O)[C@@H]1c1nc2ccccc2c(=O)[nH]1. The third-order valence-corrected chi connectivity index (χ3v) is 4.02. The van der Waals surface area contributed by atoms with Crippen LogP contribution in [0.15, 0.2) is 29.1 Å². The zero-order chi connectivity index (χ0) is 13.8. The number of para-hydroxylation sites is 1. The van der Waals surface area contributed by atoms with Gasteiger partial charge in [-0.3, -0.25) is 9.59 Å². The number of hydrogen-bond donors (Lipinski definition) is 2. The molecule has 98 valence electrons. The quantitative estimate of drug-likeness (QED) is 0.859. The van der Waals surface area contributed by atoms with Crippen molar-refractivity contribution in [2.24, 2.45) is 11.3 Å². The second-order valence-electron chi connectivity index (χ2n) is 5.58. The number of nitrogens with one attached hydrogen (secondary N) is 1. The Balaban J connectivity index is 2.13. The predicted octanol–water partition coefficient (Wildman–Crippen LogP) is 1.75. The van der Waals surface area contributed by atoms with Crippen LogP contribution in [-0.2, 0) is 4.79 Å². The molecule has 5 nitrogen and oxygen atoms in total. The molecule has 0 saturated heterocycles. The van der Waals surface area contributed by atoms with Crippen molar-refractivity contribution in [3.05, 3.63) is 40.4 Å². The molecule has 0 amide bonds. The smallest absolute Gasteiger partial charge is 0.307 e. The summed E-state index contributed by atoms with van der Waals surface area (Å²) in [4.78, 5) is 30.3. The molecule has 0 spiro atoms. The Morgan fingerprint density at radius 3 is 2.68 bits per heavy atom. The van der Waals surface area contributed by atoms with E-state index in [2.05, 4.69) is 9.97 Å². The van der Waals surface area contributed by atoms with Crippen LogP contribution in [0.2, 0.25) is 0 Å². The standard InChI is InChI=1S/C14H14N2O3/c1-14(2)9(10(14)13(18)19)11-15-8-6-4-3-5-7(8)12(17)16-11/h3-6,9-10H,1-2H3,(H,18,19)(H,15,16,17)/t9-,10-/m1/s1. The Morgan fingerprint density at radius 1 is 1.37 bits per heavy atom. The summed E-state index contributed by atoms with van der Waals surface area (Å²) >= 11 is 0. The summed E-state index contributed by atoms with van der Waals surface area (Å²) in [5.41, 5.74) is 0.0186. The number of carboxylic acids is 1. The van der Waals surface area contributed by atoms with Crippen molar-refractivity contribution in [2.45, 2.75) is 19.8 Å². The van der Waals surface area contributed by atoms with Crippen LogP contribution < -0.4 is 5.56 Å². The Kier molecular flexibility index (Phi) is 2.29. The number of H-pyrrole nitrogens is 1. The summed E-state index contributed by atoms with van der Waals surface area (Å²) in [6, 6.07) is 7.06. The topological polar surface area (TPSA) is 83.0 Å². The molecule has 1 saturated carbocycles. The first-order chi connectivity index (χ1) is 8.93. The minimum Gasteiger partial charge on any atom is -0.481 e. The Labute approximate surface area is 109 Å². The van der Waals surface area contributed by atoms with Crippen molar-refractivity contribution < 1.29 is 9.90 Å². The first-order valence-electron chi connectivity index (χ1n) is 6.14. The molecule has 1 aliphatic rings. The molecule has 1 aliphatic carbocycles. The maximum Gasteiger partial charge on any atom is 0.307 e. The molecule has 0 bridgehead atoms. The van der Waals surface area contributed by atoms with Crippen LogP contribution in [0.3, 0.4) is 0 Å². The zero-order valence-electron chi connectivity index (χ0n) is 10.7. The first-order valence-corrected chi connectivity index (χ1v) is 6.14. The number of aliphatic carboxylic acids is 1. The highest BCUT2D eigenvalue weighted by Gasteiger charge is 2.64. The molecular formula is C14H14N2O3. The van der Waals surface area contributed by atoms with E-state index in [1.165, 1.54) is 0 Å². The van der Waals surface area contributed by atoms with Gasteiger partial charge in [0.25, 0.3) is 5.56 Å². The van der Waals surface area contributed by atoms with E-state index in [9.17, 15) is 14.7 Å². The molecule has 1 fully saturated rings. The highest BCUT2D eigenvalue weighted by molar-refractivity contribution is 5.79. The van der Waals surface area contributed by atoms with Gasteiger partial charge < -0.3 is 10.1 Å². The lowest BCUT2D eigenvalue weighted by Crippen LogP contribution is -2.12. The number of carbonyl (C=O) groups is 1. The number of benzene rings is 1. The van der Waals surface area contributed by atoms with Crippen LogP contribution in [0.4, 0.5) is 0 Å². The summed E-state index contributed by atoms with van der Waals surface area (Å²) in [5, 5.41) is 9.71. The second-order valence-corrected chi connectivity index (χ2v) is 5.58. The van der Waals surface area contributed by atoms with Gasteiger partial charge in [-0.25, -0.2) is 4.98 Å². The van der Waals surface area contributed by atoms with Gasteiger partial charge in [0.2, 0.25) is 0 Å². The molecule has 2 aromatic rings. The van der Waals surface area contributed by atoms with E-state index in [4.69, 9.17) is 0 Å². The van der Waals surface area contributed by atoms with Gasteiger partial charge >= 0.3 is 5.97 Å². The molecular weight excluding hydrogens is 244 g/mol. The van der Waals surface area contributed by atoms with E-state index in [-0.39, 0.29) is 16.9 Å². The largest absolute Gasteiger partial charge is 0.481 e. The van der Waals surface area contributed by atoms with Gasteiger partial charge in [0.15, 0.2) is 0 Å². The molecule has 19 heavy (non-hydrogen) atoms. The van der Waals surface area contributed by atoms with Crippen molar-refractivity contribution in [2.75, 3.05) is 0 Å². The van der Waals surface area contributed by atoms with Gasteiger partial charge in [0.1, 0.15) is 5.82 Å². The number of rotatable bonds is 2. The molecule has 0 unspecified atom stereocenters. The van der Waals surface area contributed by atoms with Crippen LogP contribution in [0.1, 0.15) is 25.6 Å². The van der Waals surface area contributed by atoms with Crippen molar-refractivity contribution >= 4 is 16.9 Å². The maximum atomic E-state index is 12.0. The van der Waals surface area contributed by atoms with E-state index < -0.39 is 11.9 Å². The lowest BCUT2D eigenvalue weighted by atomic mass is 10.1. The number of hydrogen-bond acceptors (Lipinski definition) is 3. The third kappa shape index (κ3) is 1.65. The predicted molar refractivity (Wildman–Crippen MR) is 70.0 cm³/mol. The fraction of sp³-hybridized carbons (Fsp3) is 0.357. The van der Waals surface area contributed by atoms with Gasteiger partial charge in [0, 0.05) is 5.92 Å². The average molecular weight is 258 g/mol. The highest BCUT2D eigenvalue weighted by atomic mass is 16.4. The summed E-state index contributed by atoms with van der Waals surface area (Å²) in [6.45, 7) is 3.76. The molecule has 3 rings (SSSR count). The second kappa shape index (κ2) is 3.66. The van der Waals surface area contributed by atoms with Crippen LogP contribution in [0.5, 0.6) is 0 Å².